The fraction of sp³-hybridized carbons (Fsp3) is 0.350. The van der Waals surface area contributed by atoms with E-state index in [9.17, 15) is 4.79 Å². The van der Waals surface area contributed by atoms with Gasteiger partial charge in [0.25, 0.3) is 6.01 Å². The molecule has 6 heteroatoms. The Labute approximate surface area is 151 Å². The molecule has 3 heterocycles. The molecule has 2 aromatic heterocycles. The summed E-state index contributed by atoms with van der Waals surface area (Å²) < 4.78 is 5.74. The molecule has 1 aliphatic heterocycles. The minimum absolute atomic E-state index is 0.150. The van der Waals surface area contributed by atoms with Crippen molar-refractivity contribution in [2.24, 2.45) is 5.92 Å². The highest BCUT2D eigenvalue weighted by Gasteiger charge is 2.46. The number of nitrogens with zero attached hydrogens (tertiary/aromatic N) is 4. The lowest BCUT2D eigenvalue weighted by Gasteiger charge is -2.34. The van der Waals surface area contributed by atoms with Crippen molar-refractivity contribution in [2.45, 2.75) is 12.3 Å². The van der Waals surface area contributed by atoms with Crippen LogP contribution in [0, 0.1) is 5.92 Å². The molecule has 1 aromatic carbocycles. The quantitative estimate of drug-likeness (QED) is 0.728. The van der Waals surface area contributed by atoms with Gasteiger partial charge in [-0.05, 0) is 30.0 Å². The second-order valence-electron chi connectivity index (χ2n) is 7.00. The van der Waals surface area contributed by atoms with Gasteiger partial charge in [0.05, 0.1) is 0 Å². The number of benzene rings is 1. The summed E-state index contributed by atoms with van der Waals surface area (Å²) in [7, 11) is 0. The summed E-state index contributed by atoms with van der Waals surface area (Å²) in [5.74, 6) is 0.833. The van der Waals surface area contributed by atoms with Crippen LogP contribution in [0.1, 0.15) is 17.9 Å². The summed E-state index contributed by atoms with van der Waals surface area (Å²) in [4.78, 5) is 25.6. The van der Waals surface area contributed by atoms with E-state index in [1.165, 1.54) is 5.56 Å². The number of carbonyl (C=O) groups excluding carboxylic acids is 1. The number of hydrogen-bond donors (Lipinski definition) is 0. The first-order valence-electron chi connectivity index (χ1n) is 9.10. The lowest BCUT2D eigenvalue weighted by atomic mass is 10.1. The second-order valence-corrected chi connectivity index (χ2v) is 7.00. The van der Waals surface area contributed by atoms with E-state index in [1.54, 1.807) is 6.20 Å². The standard InChI is InChI=1S/C20H20N4O2/c25-19(16-13-15(16)14-5-2-1-3-6-14)23-9-11-24(12-10-23)20-22-17-7-4-8-21-18(17)26-20/h1-8,15-16H,9-13H2/t15-,16-/m0/s1. The smallest absolute Gasteiger partial charge is 0.299 e. The second kappa shape index (κ2) is 6.12. The van der Waals surface area contributed by atoms with Crippen molar-refractivity contribution in [1.82, 2.24) is 14.9 Å². The van der Waals surface area contributed by atoms with Crippen molar-refractivity contribution in [3.05, 3.63) is 54.2 Å². The van der Waals surface area contributed by atoms with Crippen LogP contribution in [0.4, 0.5) is 6.01 Å². The predicted octanol–water partition coefficient (Wildman–Crippen LogP) is 2.68. The number of piperazine rings is 1. The first kappa shape index (κ1) is 15.4. The molecule has 26 heavy (non-hydrogen) atoms. The molecule has 2 aliphatic rings. The lowest BCUT2D eigenvalue weighted by Crippen LogP contribution is -2.49. The van der Waals surface area contributed by atoms with Gasteiger partial charge in [-0.15, -0.1) is 0 Å². The van der Waals surface area contributed by atoms with Crippen LogP contribution in [0.2, 0.25) is 0 Å². The number of carbonyl (C=O) groups is 1. The average Bonchev–Trinajstić information content (AvgIpc) is 3.39. The summed E-state index contributed by atoms with van der Waals surface area (Å²) in [5, 5.41) is 0. The highest BCUT2D eigenvalue weighted by atomic mass is 16.4. The minimum Gasteiger partial charge on any atom is -0.404 e. The van der Waals surface area contributed by atoms with Gasteiger partial charge in [-0.25, -0.2) is 4.98 Å². The number of fused-ring (bicyclic) bond motifs is 1. The van der Waals surface area contributed by atoms with E-state index in [0.29, 0.717) is 30.7 Å². The van der Waals surface area contributed by atoms with Crippen LogP contribution < -0.4 is 4.90 Å². The van der Waals surface area contributed by atoms with Crippen molar-refractivity contribution in [3.8, 4) is 0 Å². The normalized spacial score (nSPS) is 22.6. The highest BCUT2D eigenvalue weighted by Crippen LogP contribution is 2.48. The van der Waals surface area contributed by atoms with Crippen LogP contribution in [-0.2, 0) is 4.79 Å². The first-order valence-corrected chi connectivity index (χ1v) is 9.10. The van der Waals surface area contributed by atoms with E-state index < -0.39 is 0 Å². The molecule has 6 nitrogen and oxygen atoms in total. The lowest BCUT2D eigenvalue weighted by molar-refractivity contribution is -0.133. The summed E-state index contributed by atoms with van der Waals surface area (Å²) in [5.41, 5.74) is 2.61. The molecule has 0 unspecified atom stereocenters. The number of oxazole rings is 1. The van der Waals surface area contributed by atoms with E-state index in [0.717, 1.165) is 25.0 Å². The zero-order valence-electron chi connectivity index (χ0n) is 14.4. The van der Waals surface area contributed by atoms with Gasteiger partial charge in [0.2, 0.25) is 11.6 Å². The van der Waals surface area contributed by atoms with E-state index in [2.05, 4.69) is 27.0 Å². The SMILES string of the molecule is O=C([C@H]1C[C@H]1c1ccccc1)N1CCN(c2nc3cccnc3o2)CC1. The van der Waals surface area contributed by atoms with Gasteiger partial charge in [0, 0.05) is 38.3 Å². The van der Waals surface area contributed by atoms with Crippen molar-refractivity contribution in [2.75, 3.05) is 31.1 Å². The maximum Gasteiger partial charge on any atom is 0.299 e. The van der Waals surface area contributed by atoms with Gasteiger partial charge in [-0.1, -0.05) is 30.3 Å². The number of pyridine rings is 1. The molecule has 1 aliphatic carbocycles. The maximum atomic E-state index is 12.8. The fourth-order valence-electron chi connectivity index (χ4n) is 3.78. The zero-order chi connectivity index (χ0) is 17.5. The van der Waals surface area contributed by atoms with Crippen LogP contribution in [0.15, 0.2) is 53.1 Å². The van der Waals surface area contributed by atoms with E-state index >= 15 is 0 Å². The fourth-order valence-corrected chi connectivity index (χ4v) is 3.78. The Kier molecular flexibility index (Phi) is 3.62. The molecule has 0 radical (unpaired) electrons. The van der Waals surface area contributed by atoms with Crippen LogP contribution in [-0.4, -0.2) is 47.0 Å². The topological polar surface area (TPSA) is 62.5 Å². The van der Waals surface area contributed by atoms with E-state index in [1.807, 2.05) is 35.2 Å². The van der Waals surface area contributed by atoms with Gasteiger partial charge in [0.15, 0.2) is 0 Å². The van der Waals surface area contributed by atoms with Crippen LogP contribution >= 0.6 is 0 Å². The molecular formula is C20H20N4O2. The first-order chi connectivity index (χ1) is 12.8. The van der Waals surface area contributed by atoms with Gasteiger partial charge < -0.3 is 14.2 Å². The Morgan fingerprint density at radius 1 is 1.04 bits per heavy atom. The van der Waals surface area contributed by atoms with E-state index in [-0.39, 0.29) is 11.8 Å². The molecule has 0 N–H and O–H groups in total. The predicted molar refractivity (Wildman–Crippen MR) is 97.9 cm³/mol. The molecule has 0 spiro atoms. The number of rotatable bonds is 3. The number of aromatic nitrogens is 2. The summed E-state index contributed by atoms with van der Waals surface area (Å²) >= 11 is 0. The largest absolute Gasteiger partial charge is 0.404 e. The highest BCUT2D eigenvalue weighted by molar-refractivity contribution is 5.83. The number of anilines is 1. The minimum atomic E-state index is 0.150. The molecule has 5 rings (SSSR count). The van der Waals surface area contributed by atoms with Crippen LogP contribution in [0.25, 0.3) is 11.2 Å². The summed E-state index contributed by atoms with van der Waals surface area (Å²) in [6.07, 6.45) is 2.67. The Hall–Kier alpha value is -2.89. The Morgan fingerprint density at radius 3 is 2.62 bits per heavy atom. The van der Waals surface area contributed by atoms with Crippen molar-refractivity contribution < 1.29 is 9.21 Å². The van der Waals surface area contributed by atoms with Crippen molar-refractivity contribution in [3.63, 3.8) is 0 Å². The molecular weight excluding hydrogens is 328 g/mol. The van der Waals surface area contributed by atoms with E-state index in [4.69, 9.17) is 4.42 Å². The molecule has 2 fully saturated rings. The van der Waals surface area contributed by atoms with Crippen molar-refractivity contribution in [1.29, 1.82) is 0 Å². The monoisotopic (exact) mass is 348 g/mol. The molecule has 1 amide bonds. The van der Waals surface area contributed by atoms with Gasteiger partial charge in [0.1, 0.15) is 5.52 Å². The van der Waals surface area contributed by atoms with Gasteiger partial charge in [-0.3, -0.25) is 4.79 Å². The van der Waals surface area contributed by atoms with Crippen LogP contribution in [0.5, 0.6) is 0 Å². The molecule has 1 saturated heterocycles. The molecule has 1 saturated carbocycles. The molecule has 0 bridgehead atoms. The number of amides is 1. The third kappa shape index (κ3) is 2.71. The van der Waals surface area contributed by atoms with Gasteiger partial charge >= 0.3 is 0 Å². The molecule has 3 aromatic rings. The van der Waals surface area contributed by atoms with Crippen molar-refractivity contribution >= 4 is 23.2 Å². The van der Waals surface area contributed by atoms with Gasteiger partial charge in [-0.2, -0.15) is 4.98 Å². The average molecular weight is 348 g/mol. The zero-order valence-corrected chi connectivity index (χ0v) is 14.4. The Morgan fingerprint density at radius 2 is 1.85 bits per heavy atom. The Bertz CT molecular complexity index is 898. The summed E-state index contributed by atoms with van der Waals surface area (Å²) in [6.45, 7) is 2.90. The third-order valence-electron chi connectivity index (χ3n) is 5.35. The Balaban J connectivity index is 1.21. The van der Waals surface area contributed by atoms with Crippen LogP contribution in [0.3, 0.4) is 0 Å². The third-order valence-corrected chi connectivity index (χ3v) is 5.35. The molecule has 2 atom stereocenters. The molecule has 132 valence electrons. The number of hydrogen-bond acceptors (Lipinski definition) is 5. The summed E-state index contributed by atoms with van der Waals surface area (Å²) in [6, 6.07) is 14.7. The maximum absolute atomic E-state index is 12.8.